The second-order valence-electron chi connectivity index (χ2n) is 4.69. The van der Waals surface area contributed by atoms with Gasteiger partial charge in [-0.25, -0.2) is 0 Å². The molecular formula is C12H16N2O. The van der Waals surface area contributed by atoms with Crippen molar-refractivity contribution in [3.63, 3.8) is 0 Å². The molecule has 0 saturated carbocycles. The van der Waals surface area contributed by atoms with Gasteiger partial charge in [-0.1, -0.05) is 12.1 Å². The number of anilines is 2. The maximum atomic E-state index is 11.9. The highest BCUT2D eigenvalue weighted by atomic mass is 16.2. The molecule has 15 heavy (non-hydrogen) atoms. The number of hydrogen-bond donors (Lipinski definition) is 2. The van der Waals surface area contributed by atoms with E-state index < -0.39 is 0 Å². The molecule has 0 aliphatic carbocycles. The van der Waals surface area contributed by atoms with Gasteiger partial charge >= 0.3 is 0 Å². The summed E-state index contributed by atoms with van der Waals surface area (Å²) in [4.78, 5) is 11.9. The molecule has 0 fully saturated rings. The lowest BCUT2D eigenvalue weighted by Gasteiger charge is -2.19. The van der Waals surface area contributed by atoms with Gasteiger partial charge in [0.15, 0.2) is 0 Å². The van der Waals surface area contributed by atoms with Crippen LogP contribution in [0.25, 0.3) is 0 Å². The van der Waals surface area contributed by atoms with Gasteiger partial charge in [0.05, 0.1) is 16.8 Å². The lowest BCUT2D eigenvalue weighted by atomic mass is 9.93. The Morgan fingerprint density at radius 3 is 2.80 bits per heavy atom. The van der Waals surface area contributed by atoms with Crippen LogP contribution >= 0.6 is 0 Å². The van der Waals surface area contributed by atoms with E-state index in [-0.39, 0.29) is 11.3 Å². The number of nitrogens with one attached hydrogen (secondary N) is 2. The van der Waals surface area contributed by atoms with Crippen molar-refractivity contribution in [2.75, 3.05) is 17.2 Å². The zero-order valence-corrected chi connectivity index (χ0v) is 9.35. The Morgan fingerprint density at radius 2 is 2.07 bits per heavy atom. The molecule has 0 radical (unpaired) electrons. The normalized spacial score (nSPS) is 18.5. The van der Waals surface area contributed by atoms with Crippen molar-refractivity contribution in [1.82, 2.24) is 0 Å². The second-order valence-corrected chi connectivity index (χ2v) is 4.69. The first-order valence-corrected chi connectivity index (χ1v) is 5.16. The quantitative estimate of drug-likeness (QED) is 0.681. The van der Waals surface area contributed by atoms with Gasteiger partial charge < -0.3 is 10.6 Å². The third-order valence-electron chi connectivity index (χ3n) is 2.85. The van der Waals surface area contributed by atoms with Crippen LogP contribution in [-0.2, 0) is 4.79 Å². The Hall–Kier alpha value is -1.51. The van der Waals surface area contributed by atoms with Crippen LogP contribution in [0.3, 0.4) is 0 Å². The Labute approximate surface area is 89.9 Å². The maximum Gasteiger partial charge on any atom is 0.231 e. The monoisotopic (exact) mass is 204 g/mol. The SMILES string of the molecule is Cc1cccc2c1NC(=O)C(C)(C)CN2. The highest BCUT2D eigenvalue weighted by molar-refractivity contribution is 6.00. The predicted octanol–water partition coefficient (Wildman–Crippen LogP) is 2.39. The number of amides is 1. The van der Waals surface area contributed by atoms with Gasteiger partial charge in [0.2, 0.25) is 5.91 Å². The molecule has 2 rings (SSSR count). The van der Waals surface area contributed by atoms with Crippen LogP contribution in [0.1, 0.15) is 19.4 Å². The summed E-state index contributed by atoms with van der Waals surface area (Å²) in [5.74, 6) is 0.0723. The predicted molar refractivity (Wildman–Crippen MR) is 62.1 cm³/mol. The molecule has 0 unspecified atom stereocenters. The number of carbonyl (C=O) groups is 1. The minimum absolute atomic E-state index is 0.0723. The van der Waals surface area contributed by atoms with E-state index in [0.29, 0.717) is 6.54 Å². The fourth-order valence-electron chi connectivity index (χ4n) is 1.66. The standard InChI is InChI=1S/C12H16N2O/c1-8-5-4-6-9-10(8)14-11(15)12(2,3)7-13-9/h4-6,13H,7H2,1-3H3,(H,14,15). The summed E-state index contributed by atoms with van der Waals surface area (Å²) < 4.78 is 0. The number of hydrogen-bond acceptors (Lipinski definition) is 2. The summed E-state index contributed by atoms with van der Waals surface area (Å²) in [6.07, 6.45) is 0. The number of para-hydroxylation sites is 1. The van der Waals surface area contributed by atoms with Crippen molar-refractivity contribution in [2.45, 2.75) is 20.8 Å². The number of fused-ring (bicyclic) bond motifs is 1. The van der Waals surface area contributed by atoms with Gasteiger partial charge in [0, 0.05) is 6.54 Å². The van der Waals surface area contributed by atoms with E-state index in [1.54, 1.807) is 0 Å². The number of rotatable bonds is 0. The highest BCUT2D eigenvalue weighted by Crippen LogP contribution is 2.31. The largest absolute Gasteiger partial charge is 0.382 e. The molecule has 0 spiro atoms. The highest BCUT2D eigenvalue weighted by Gasteiger charge is 2.31. The maximum absolute atomic E-state index is 11.9. The molecular weight excluding hydrogens is 188 g/mol. The summed E-state index contributed by atoms with van der Waals surface area (Å²) in [5, 5.41) is 6.28. The molecule has 1 amide bonds. The number of carbonyl (C=O) groups excluding carboxylic acids is 1. The van der Waals surface area contributed by atoms with E-state index in [0.717, 1.165) is 16.9 Å². The van der Waals surface area contributed by atoms with Gasteiger partial charge in [0.1, 0.15) is 0 Å². The lowest BCUT2D eigenvalue weighted by Crippen LogP contribution is -2.34. The number of aryl methyl sites for hydroxylation is 1. The van der Waals surface area contributed by atoms with E-state index in [1.165, 1.54) is 0 Å². The van der Waals surface area contributed by atoms with Gasteiger partial charge in [-0.15, -0.1) is 0 Å². The molecule has 0 saturated heterocycles. The molecule has 1 aromatic carbocycles. The van der Waals surface area contributed by atoms with E-state index in [4.69, 9.17) is 0 Å². The van der Waals surface area contributed by atoms with Crippen LogP contribution < -0.4 is 10.6 Å². The first-order chi connectivity index (χ1) is 7.00. The Kier molecular flexibility index (Phi) is 2.18. The first-order valence-electron chi connectivity index (χ1n) is 5.16. The van der Waals surface area contributed by atoms with E-state index >= 15 is 0 Å². The summed E-state index contributed by atoms with van der Waals surface area (Å²) in [6.45, 7) is 6.54. The van der Waals surface area contributed by atoms with Crippen LogP contribution in [0, 0.1) is 12.3 Å². The van der Waals surface area contributed by atoms with Crippen molar-refractivity contribution in [3.8, 4) is 0 Å². The molecule has 2 N–H and O–H groups in total. The third-order valence-corrected chi connectivity index (χ3v) is 2.85. The zero-order valence-electron chi connectivity index (χ0n) is 9.35. The molecule has 1 heterocycles. The average Bonchev–Trinajstić information content (AvgIpc) is 2.28. The van der Waals surface area contributed by atoms with Crippen molar-refractivity contribution in [3.05, 3.63) is 23.8 Å². The van der Waals surface area contributed by atoms with E-state index in [1.807, 2.05) is 39.0 Å². The van der Waals surface area contributed by atoms with Crippen molar-refractivity contribution >= 4 is 17.3 Å². The Morgan fingerprint density at radius 1 is 1.33 bits per heavy atom. The molecule has 0 aromatic heterocycles. The molecule has 0 atom stereocenters. The summed E-state index contributed by atoms with van der Waals surface area (Å²) in [7, 11) is 0. The van der Waals surface area contributed by atoms with E-state index in [9.17, 15) is 4.79 Å². The summed E-state index contributed by atoms with van der Waals surface area (Å²) in [5.41, 5.74) is 2.64. The molecule has 3 heteroatoms. The van der Waals surface area contributed by atoms with Crippen LogP contribution in [0.15, 0.2) is 18.2 Å². The summed E-state index contributed by atoms with van der Waals surface area (Å²) in [6, 6.07) is 5.98. The number of benzene rings is 1. The van der Waals surface area contributed by atoms with Crippen LogP contribution in [0.2, 0.25) is 0 Å². The minimum Gasteiger partial charge on any atom is -0.382 e. The second kappa shape index (κ2) is 3.26. The average molecular weight is 204 g/mol. The molecule has 1 aliphatic rings. The minimum atomic E-state index is -0.370. The van der Waals surface area contributed by atoms with Crippen LogP contribution in [0.5, 0.6) is 0 Å². The fraction of sp³-hybridized carbons (Fsp3) is 0.417. The fourth-order valence-corrected chi connectivity index (χ4v) is 1.66. The Bertz CT molecular complexity index is 410. The molecule has 1 aliphatic heterocycles. The van der Waals surface area contributed by atoms with Crippen LogP contribution in [-0.4, -0.2) is 12.5 Å². The van der Waals surface area contributed by atoms with Crippen LogP contribution in [0.4, 0.5) is 11.4 Å². The van der Waals surface area contributed by atoms with Gasteiger partial charge in [0.25, 0.3) is 0 Å². The summed E-state index contributed by atoms with van der Waals surface area (Å²) >= 11 is 0. The van der Waals surface area contributed by atoms with E-state index in [2.05, 4.69) is 10.6 Å². The molecule has 1 aromatic rings. The Balaban J connectivity index is 2.45. The van der Waals surface area contributed by atoms with Gasteiger partial charge in [-0.2, -0.15) is 0 Å². The zero-order chi connectivity index (χ0) is 11.1. The van der Waals surface area contributed by atoms with Gasteiger partial charge in [-0.05, 0) is 32.4 Å². The van der Waals surface area contributed by atoms with Crippen molar-refractivity contribution in [2.24, 2.45) is 5.41 Å². The van der Waals surface area contributed by atoms with Crippen molar-refractivity contribution in [1.29, 1.82) is 0 Å². The first kappa shape index (κ1) is 10.0. The smallest absolute Gasteiger partial charge is 0.231 e. The lowest BCUT2D eigenvalue weighted by molar-refractivity contribution is -0.123. The topological polar surface area (TPSA) is 41.1 Å². The third kappa shape index (κ3) is 1.69. The molecule has 80 valence electrons. The molecule has 0 bridgehead atoms. The van der Waals surface area contributed by atoms with Crippen molar-refractivity contribution < 1.29 is 4.79 Å². The molecule has 3 nitrogen and oxygen atoms in total. The van der Waals surface area contributed by atoms with Gasteiger partial charge in [-0.3, -0.25) is 4.79 Å².